The van der Waals surface area contributed by atoms with E-state index in [-0.39, 0.29) is 33.9 Å². The predicted molar refractivity (Wildman–Crippen MR) is 116 cm³/mol. The molecule has 0 saturated carbocycles. The summed E-state index contributed by atoms with van der Waals surface area (Å²) in [4.78, 5) is 31.8. The van der Waals surface area contributed by atoms with Crippen molar-refractivity contribution in [3.05, 3.63) is 76.1 Å². The molecule has 0 aliphatic rings. The molecular formula is C20H17N7O2S. The number of rotatable bonds is 6. The first-order valence-corrected chi connectivity index (χ1v) is 9.66. The molecule has 1 heterocycles. The molecule has 6 N–H and O–H groups in total. The summed E-state index contributed by atoms with van der Waals surface area (Å²) in [5.74, 6) is 5.17. The van der Waals surface area contributed by atoms with E-state index in [1.165, 1.54) is 0 Å². The number of hydrogen-bond acceptors (Lipinski definition) is 7. The van der Waals surface area contributed by atoms with Crippen molar-refractivity contribution in [1.82, 2.24) is 9.97 Å². The highest BCUT2D eigenvalue weighted by atomic mass is 32.2. The lowest BCUT2D eigenvalue weighted by Crippen LogP contribution is -2.19. The summed E-state index contributed by atoms with van der Waals surface area (Å²) in [7, 11) is 0. The van der Waals surface area contributed by atoms with Crippen LogP contribution in [-0.2, 0) is 0 Å². The quantitative estimate of drug-likeness (QED) is 0.118. The number of nitriles is 1. The minimum Gasteiger partial charge on any atom is -0.385 e. The van der Waals surface area contributed by atoms with E-state index in [0.717, 1.165) is 11.8 Å². The Balaban J connectivity index is 1.96. The second-order valence-corrected chi connectivity index (χ2v) is 6.98. The highest BCUT2D eigenvalue weighted by Gasteiger charge is 2.16. The third kappa shape index (κ3) is 4.84. The topological polar surface area (TPSA) is 163 Å². The zero-order valence-corrected chi connectivity index (χ0v) is 16.4. The fourth-order valence-electron chi connectivity index (χ4n) is 2.55. The van der Waals surface area contributed by atoms with E-state index in [9.17, 15) is 14.9 Å². The van der Waals surface area contributed by atoms with Crippen molar-refractivity contribution >= 4 is 29.2 Å². The van der Waals surface area contributed by atoms with Crippen molar-refractivity contribution in [2.75, 3.05) is 11.1 Å². The monoisotopic (exact) mass is 419 g/mol. The first-order valence-electron chi connectivity index (χ1n) is 8.68. The van der Waals surface area contributed by atoms with Gasteiger partial charge in [0.05, 0.1) is 11.4 Å². The maximum absolute atomic E-state index is 12.6. The van der Waals surface area contributed by atoms with Gasteiger partial charge in [0.1, 0.15) is 17.5 Å². The third-order valence-corrected chi connectivity index (χ3v) is 4.87. The van der Waals surface area contributed by atoms with Crippen LogP contribution in [0, 0.1) is 11.3 Å². The highest BCUT2D eigenvalue weighted by Crippen LogP contribution is 2.23. The first kappa shape index (κ1) is 20.6. The van der Waals surface area contributed by atoms with Gasteiger partial charge in [0.25, 0.3) is 11.5 Å². The van der Waals surface area contributed by atoms with Gasteiger partial charge < -0.3 is 21.9 Å². The summed E-state index contributed by atoms with van der Waals surface area (Å²) in [6.07, 6.45) is 0. The molecule has 0 spiro atoms. The lowest BCUT2D eigenvalue weighted by Gasteiger charge is -2.09. The van der Waals surface area contributed by atoms with Crippen molar-refractivity contribution in [2.45, 2.75) is 5.16 Å². The average molecular weight is 419 g/mol. The number of H-pyrrole nitrogens is 1. The molecule has 3 aromatic rings. The molecule has 150 valence electrons. The van der Waals surface area contributed by atoms with E-state index < -0.39 is 5.56 Å². The number of thioether (sulfide) groups is 1. The number of nitrogens with one attached hydrogen (secondary N) is 2. The van der Waals surface area contributed by atoms with Gasteiger partial charge in [-0.05, 0) is 24.3 Å². The molecule has 10 heteroatoms. The molecule has 0 aliphatic carbocycles. The molecular weight excluding hydrogens is 402 g/mol. The first-order chi connectivity index (χ1) is 14.5. The summed E-state index contributed by atoms with van der Waals surface area (Å²) in [6.45, 7) is 0. The molecule has 0 aliphatic heterocycles. The van der Waals surface area contributed by atoms with Crippen LogP contribution in [0.25, 0.3) is 11.3 Å². The van der Waals surface area contributed by atoms with Crippen molar-refractivity contribution in [3.8, 4) is 17.3 Å². The maximum Gasteiger partial charge on any atom is 0.270 e. The van der Waals surface area contributed by atoms with Crippen LogP contribution in [0.3, 0.4) is 0 Å². The molecule has 3 rings (SSSR count). The van der Waals surface area contributed by atoms with E-state index in [2.05, 4.69) is 20.4 Å². The number of carbonyl (C=O) groups is 1. The fraction of sp³-hybridized carbons (Fsp3) is 0.0500. The SMILES string of the molecule is N#Cc1c(-c2cccc(C(=O)Nc3ccccc3)c2)nc(SC/C(N)=N/N)[nH]c1=O. The van der Waals surface area contributed by atoms with Crippen LogP contribution in [0.2, 0.25) is 0 Å². The molecule has 1 amide bonds. The number of hydrogen-bond donors (Lipinski definition) is 4. The Kier molecular flexibility index (Phi) is 6.46. The number of anilines is 1. The van der Waals surface area contributed by atoms with Crippen LogP contribution in [0.4, 0.5) is 5.69 Å². The van der Waals surface area contributed by atoms with Gasteiger partial charge in [0, 0.05) is 16.8 Å². The summed E-state index contributed by atoms with van der Waals surface area (Å²) < 4.78 is 0. The number of nitrogens with two attached hydrogens (primary N) is 2. The molecule has 1 aromatic heterocycles. The van der Waals surface area contributed by atoms with Gasteiger partial charge in [-0.1, -0.05) is 42.1 Å². The largest absolute Gasteiger partial charge is 0.385 e. The normalized spacial score (nSPS) is 11.0. The molecule has 0 fully saturated rings. The molecule has 0 bridgehead atoms. The number of hydrazone groups is 1. The van der Waals surface area contributed by atoms with Gasteiger partial charge in [-0.15, -0.1) is 0 Å². The zero-order valence-electron chi connectivity index (χ0n) is 15.6. The van der Waals surface area contributed by atoms with Crippen LogP contribution in [0.1, 0.15) is 15.9 Å². The summed E-state index contributed by atoms with van der Waals surface area (Å²) >= 11 is 1.12. The highest BCUT2D eigenvalue weighted by molar-refractivity contribution is 7.99. The lowest BCUT2D eigenvalue weighted by molar-refractivity contribution is 0.102. The Hall–Kier alpha value is -4.10. The number of nitrogens with zero attached hydrogens (tertiary/aromatic N) is 3. The second-order valence-electron chi connectivity index (χ2n) is 6.02. The van der Waals surface area contributed by atoms with Gasteiger partial charge in [0.15, 0.2) is 5.16 Å². The molecule has 9 nitrogen and oxygen atoms in total. The van der Waals surface area contributed by atoms with E-state index >= 15 is 0 Å². The number of aromatic nitrogens is 2. The number of para-hydroxylation sites is 1. The minimum absolute atomic E-state index is 0.152. The number of amidine groups is 1. The van der Waals surface area contributed by atoms with E-state index in [0.29, 0.717) is 16.8 Å². The predicted octanol–water partition coefficient (Wildman–Crippen LogP) is 1.88. The number of carbonyl (C=O) groups excluding carboxylic acids is 1. The Morgan fingerprint density at radius 3 is 2.70 bits per heavy atom. The number of aromatic amines is 1. The van der Waals surface area contributed by atoms with Gasteiger partial charge in [-0.25, -0.2) is 4.98 Å². The van der Waals surface area contributed by atoms with Crippen molar-refractivity contribution in [1.29, 1.82) is 5.26 Å². The summed E-state index contributed by atoms with van der Waals surface area (Å²) in [5, 5.41) is 15.8. The smallest absolute Gasteiger partial charge is 0.270 e. The Bertz CT molecular complexity index is 1200. The Labute approximate surface area is 175 Å². The van der Waals surface area contributed by atoms with Gasteiger partial charge in [-0.2, -0.15) is 10.4 Å². The van der Waals surface area contributed by atoms with Crippen molar-refractivity contribution < 1.29 is 4.79 Å². The molecule has 0 atom stereocenters. The van der Waals surface area contributed by atoms with Crippen molar-refractivity contribution in [3.63, 3.8) is 0 Å². The summed E-state index contributed by atoms with van der Waals surface area (Å²) in [6, 6.07) is 17.4. The maximum atomic E-state index is 12.6. The molecule has 0 unspecified atom stereocenters. The van der Waals surface area contributed by atoms with Crippen LogP contribution >= 0.6 is 11.8 Å². The average Bonchev–Trinajstić information content (AvgIpc) is 2.77. The zero-order chi connectivity index (χ0) is 21.5. The van der Waals surface area contributed by atoms with Crippen LogP contribution < -0.4 is 22.5 Å². The van der Waals surface area contributed by atoms with Gasteiger partial charge in [0.2, 0.25) is 0 Å². The molecule has 2 aromatic carbocycles. The Morgan fingerprint density at radius 2 is 2.00 bits per heavy atom. The third-order valence-electron chi connectivity index (χ3n) is 3.96. The van der Waals surface area contributed by atoms with Crippen LogP contribution in [0.5, 0.6) is 0 Å². The second kappa shape index (κ2) is 9.40. The lowest BCUT2D eigenvalue weighted by atomic mass is 10.0. The van der Waals surface area contributed by atoms with E-state index in [1.807, 2.05) is 24.3 Å². The van der Waals surface area contributed by atoms with Crippen LogP contribution in [-0.4, -0.2) is 27.5 Å². The number of benzene rings is 2. The van der Waals surface area contributed by atoms with E-state index in [1.54, 1.807) is 36.4 Å². The van der Waals surface area contributed by atoms with E-state index in [4.69, 9.17) is 11.6 Å². The molecule has 0 saturated heterocycles. The molecule has 30 heavy (non-hydrogen) atoms. The molecule has 0 radical (unpaired) electrons. The van der Waals surface area contributed by atoms with Gasteiger partial charge >= 0.3 is 0 Å². The van der Waals surface area contributed by atoms with Crippen LogP contribution in [0.15, 0.2) is 69.6 Å². The number of amides is 1. The fourth-order valence-corrected chi connectivity index (χ4v) is 3.23. The van der Waals surface area contributed by atoms with Crippen molar-refractivity contribution in [2.24, 2.45) is 16.7 Å². The van der Waals surface area contributed by atoms with Gasteiger partial charge in [-0.3, -0.25) is 9.59 Å². The Morgan fingerprint density at radius 1 is 1.23 bits per heavy atom. The standard InChI is InChI=1S/C20H17N7O2S/c21-10-15-17(25-20(26-19(15)29)30-11-16(22)27-23)12-5-4-6-13(9-12)18(28)24-14-7-2-1-3-8-14/h1-9H,11,23H2,(H2,22,27)(H,24,28)(H,25,26,29). The summed E-state index contributed by atoms with van der Waals surface area (Å²) in [5.41, 5.74) is 6.46. The minimum atomic E-state index is -0.590.